The quantitative estimate of drug-likeness (QED) is 0.861. The summed E-state index contributed by atoms with van der Waals surface area (Å²) in [4.78, 5) is 0.130. The lowest BCUT2D eigenvalue weighted by Gasteiger charge is -2.37. The van der Waals surface area contributed by atoms with Gasteiger partial charge in [-0.15, -0.1) is 0 Å². The van der Waals surface area contributed by atoms with Gasteiger partial charge in [-0.2, -0.15) is 0 Å². The molecule has 0 saturated heterocycles. The summed E-state index contributed by atoms with van der Waals surface area (Å²) in [5, 5.41) is 9.99. The van der Waals surface area contributed by atoms with Crippen LogP contribution in [0.1, 0.15) is 27.7 Å². The number of sulfonamides is 1. The summed E-state index contributed by atoms with van der Waals surface area (Å²) in [6, 6.07) is 6.07. The highest BCUT2D eigenvalue weighted by molar-refractivity contribution is 7.89. The molecule has 0 aliphatic heterocycles. The second-order valence-corrected chi connectivity index (χ2v) is 7.15. The minimum Gasteiger partial charge on any atom is -0.497 e. The monoisotopic (exact) mass is 287 g/mol. The number of hydrogen-bond acceptors (Lipinski definition) is 4. The molecule has 0 fully saturated rings. The summed E-state index contributed by atoms with van der Waals surface area (Å²) in [7, 11) is -2.18. The van der Waals surface area contributed by atoms with Gasteiger partial charge >= 0.3 is 0 Å². The molecule has 2 N–H and O–H groups in total. The molecular weight excluding hydrogens is 266 g/mol. The first-order valence-electron chi connectivity index (χ1n) is 5.90. The number of hydrogen-bond donors (Lipinski definition) is 2. The van der Waals surface area contributed by atoms with Crippen LogP contribution in [0.4, 0.5) is 0 Å². The van der Waals surface area contributed by atoms with Gasteiger partial charge < -0.3 is 9.84 Å². The zero-order valence-electron chi connectivity index (χ0n) is 11.9. The van der Waals surface area contributed by atoms with Gasteiger partial charge in [0.05, 0.1) is 23.1 Å². The average molecular weight is 287 g/mol. The molecule has 0 bridgehead atoms. The van der Waals surface area contributed by atoms with Crippen molar-refractivity contribution in [3.8, 4) is 5.75 Å². The Bertz CT molecular complexity index is 527. The summed E-state index contributed by atoms with van der Waals surface area (Å²) < 4.78 is 32.0. The number of ether oxygens (including phenoxy) is 1. The lowest BCUT2D eigenvalue weighted by atomic mass is 9.87. The fourth-order valence-corrected chi connectivity index (χ4v) is 2.81. The van der Waals surface area contributed by atoms with E-state index in [0.29, 0.717) is 5.75 Å². The number of rotatable bonds is 5. The van der Waals surface area contributed by atoms with Gasteiger partial charge in [-0.1, -0.05) is 0 Å². The lowest BCUT2D eigenvalue weighted by Crippen LogP contribution is -2.57. The van der Waals surface area contributed by atoms with Crippen molar-refractivity contribution < 1.29 is 18.3 Å². The molecule has 0 aliphatic rings. The smallest absolute Gasteiger partial charge is 0.241 e. The molecular formula is C13H21NO4S. The summed E-state index contributed by atoms with van der Waals surface area (Å²) in [5.74, 6) is 0.584. The van der Waals surface area contributed by atoms with Gasteiger partial charge in [-0.05, 0) is 52.0 Å². The summed E-state index contributed by atoms with van der Waals surface area (Å²) in [6.07, 6.45) is 0. The molecule has 19 heavy (non-hydrogen) atoms. The van der Waals surface area contributed by atoms with Crippen LogP contribution in [-0.4, -0.2) is 31.8 Å². The van der Waals surface area contributed by atoms with Gasteiger partial charge in [0.25, 0.3) is 0 Å². The Morgan fingerprint density at radius 2 is 1.58 bits per heavy atom. The second-order valence-electron chi connectivity index (χ2n) is 5.47. The van der Waals surface area contributed by atoms with E-state index in [1.807, 2.05) is 0 Å². The molecule has 0 saturated carbocycles. The van der Waals surface area contributed by atoms with Crippen LogP contribution in [0.15, 0.2) is 29.2 Å². The van der Waals surface area contributed by atoms with Crippen LogP contribution in [0.5, 0.6) is 5.75 Å². The Morgan fingerprint density at radius 3 is 1.95 bits per heavy atom. The largest absolute Gasteiger partial charge is 0.497 e. The Kier molecular flexibility index (Phi) is 4.29. The molecule has 6 heteroatoms. The fourth-order valence-electron chi connectivity index (χ4n) is 1.27. The Balaban J connectivity index is 3.05. The fraction of sp³-hybridized carbons (Fsp3) is 0.538. The zero-order valence-corrected chi connectivity index (χ0v) is 12.7. The molecule has 0 aliphatic carbocycles. The van der Waals surface area contributed by atoms with E-state index in [0.717, 1.165) is 0 Å². The van der Waals surface area contributed by atoms with Crippen molar-refractivity contribution in [3.63, 3.8) is 0 Å². The average Bonchev–Trinajstić information content (AvgIpc) is 2.26. The third-order valence-corrected chi connectivity index (χ3v) is 4.96. The molecule has 1 aromatic carbocycles. The lowest BCUT2D eigenvalue weighted by molar-refractivity contribution is 0.00639. The predicted octanol–water partition coefficient (Wildman–Crippen LogP) is 1.52. The first kappa shape index (κ1) is 15.9. The topological polar surface area (TPSA) is 75.6 Å². The highest BCUT2D eigenvalue weighted by atomic mass is 32.2. The van der Waals surface area contributed by atoms with Gasteiger partial charge in [0.1, 0.15) is 5.75 Å². The molecule has 1 rings (SSSR count). The summed E-state index contributed by atoms with van der Waals surface area (Å²) in [6.45, 7) is 6.38. The maximum atomic E-state index is 12.2. The molecule has 0 radical (unpaired) electrons. The van der Waals surface area contributed by atoms with E-state index < -0.39 is 21.2 Å². The zero-order chi connectivity index (χ0) is 14.9. The van der Waals surface area contributed by atoms with Gasteiger partial charge in [0.2, 0.25) is 10.0 Å². The highest BCUT2D eigenvalue weighted by Gasteiger charge is 2.38. The molecule has 0 aromatic heterocycles. The normalized spacial score (nSPS) is 13.4. The van der Waals surface area contributed by atoms with E-state index in [2.05, 4.69) is 4.72 Å². The second kappa shape index (κ2) is 5.11. The minimum absolute atomic E-state index is 0.130. The summed E-state index contributed by atoms with van der Waals surface area (Å²) >= 11 is 0. The van der Waals surface area contributed by atoms with E-state index in [1.165, 1.54) is 19.2 Å². The van der Waals surface area contributed by atoms with E-state index in [9.17, 15) is 13.5 Å². The van der Waals surface area contributed by atoms with Crippen molar-refractivity contribution in [2.75, 3.05) is 7.11 Å². The maximum Gasteiger partial charge on any atom is 0.241 e. The van der Waals surface area contributed by atoms with Crippen LogP contribution >= 0.6 is 0 Å². The predicted molar refractivity (Wildman–Crippen MR) is 73.7 cm³/mol. The molecule has 0 heterocycles. The van der Waals surface area contributed by atoms with E-state index >= 15 is 0 Å². The molecule has 0 amide bonds. The molecule has 5 nitrogen and oxygen atoms in total. The summed E-state index contributed by atoms with van der Waals surface area (Å²) in [5.41, 5.74) is -2.18. The van der Waals surface area contributed by atoms with Crippen LogP contribution in [0.25, 0.3) is 0 Å². The third-order valence-electron chi connectivity index (χ3n) is 3.29. The van der Waals surface area contributed by atoms with E-state index in [1.54, 1.807) is 39.8 Å². The molecule has 0 unspecified atom stereocenters. The first-order valence-corrected chi connectivity index (χ1v) is 7.38. The van der Waals surface area contributed by atoms with Crippen LogP contribution in [-0.2, 0) is 10.0 Å². The van der Waals surface area contributed by atoms with Crippen molar-refractivity contribution in [2.24, 2.45) is 0 Å². The molecule has 0 atom stereocenters. The Labute approximate surface area is 114 Å². The number of methoxy groups -OCH3 is 1. The van der Waals surface area contributed by atoms with Crippen molar-refractivity contribution in [1.82, 2.24) is 4.72 Å². The third kappa shape index (κ3) is 3.68. The SMILES string of the molecule is COc1ccc(S(=O)(=O)NC(C)(C)C(C)(C)O)cc1. The number of benzene rings is 1. The molecule has 1 aromatic rings. The van der Waals surface area contributed by atoms with Crippen LogP contribution < -0.4 is 9.46 Å². The van der Waals surface area contributed by atoms with Crippen molar-refractivity contribution in [3.05, 3.63) is 24.3 Å². The number of nitrogens with one attached hydrogen (secondary N) is 1. The van der Waals surface area contributed by atoms with Crippen molar-refractivity contribution in [2.45, 2.75) is 43.7 Å². The first-order chi connectivity index (χ1) is 8.49. The van der Waals surface area contributed by atoms with Gasteiger partial charge in [-0.25, -0.2) is 13.1 Å². The van der Waals surface area contributed by atoms with Crippen LogP contribution in [0.3, 0.4) is 0 Å². The van der Waals surface area contributed by atoms with E-state index in [-0.39, 0.29) is 4.90 Å². The van der Waals surface area contributed by atoms with Gasteiger partial charge in [0, 0.05) is 0 Å². The van der Waals surface area contributed by atoms with E-state index in [4.69, 9.17) is 4.74 Å². The molecule has 108 valence electrons. The van der Waals surface area contributed by atoms with Crippen molar-refractivity contribution in [1.29, 1.82) is 0 Å². The maximum absolute atomic E-state index is 12.2. The standard InChI is InChI=1S/C13H21NO4S/c1-12(2,13(3,4)15)14-19(16,17)11-8-6-10(18-5)7-9-11/h6-9,14-15H,1-5H3. The van der Waals surface area contributed by atoms with Crippen LogP contribution in [0, 0.1) is 0 Å². The van der Waals surface area contributed by atoms with Crippen LogP contribution in [0.2, 0.25) is 0 Å². The molecule has 0 spiro atoms. The van der Waals surface area contributed by atoms with Crippen molar-refractivity contribution >= 4 is 10.0 Å². The Hall–Kier alpha value is -1.11. The van der Waals surface area contributed by atoms with Gasteiger partial charge in [-0.3, -0.25) is 0 Å². The Morgan fingerprint density at radius 1 is 1.11 bits per heavy atom. The minimum atomic E-state index is -3.69. The van der Waals surface area contributed by atoms with Gasteiger partial charge in [0.15, 0.2) is 0 Å². The number of aliphatic hydroxyl groups is 1. The highest BCUT2D eigenvalue weighted by Crippen LogP contribution is 2.24.